The molecule has 0 radical (unpaired) electrons. The monoisotopic (exact) mass is 209 g/mol. The van der Waals surface area contributed by atoms with Crippen LogP contribution >= 0.6 is 0 Å². The average Bonchev–Trinajstić information content (AvgIpc) is 2.28. The zero-order valence-electron chi connectivity index (χ0n) is 10.0. The Morgan fingerprint density at radius 2 is 2.20 bits per heavy atom. The van der Waals surface area contributed by atoms with Gasteiger partial charge in [-0.1, -0.05) is 6.58 Å². The first-order valence-corrected chi connectivity index (χ1v) is 6.23. The molecule has 0 aromatic heterocycles. The van der Waals surface area contributed by atoms with Crippen LogP contribution in [-0.4, -0.2) is 30.7 Å². The summed E-state index contributed by atoms with van der Waals surface area (Å²) in [6.07, 6.45) is 6.78. The summed E-state index contributed by atoms with van der Waals surface area (Å²) in [5.74, 6) is 0.842. The number of hydrogen-bond donors (Lipinski definition) is 0. The lowest BCUT2D eigenvalue weighted by atomic mass is 9.76. The van der Waals surface area contributed by atoms with E-state index < -0.39 is 0 Å². The van der Waals surface area contributed by atoms with Crippen molar-refractivity contribution in [2.75, 3.05) is 13.7 Å². The van der Waals surface area contributed by atoms with Crippen molar-refractivity contribution >= 4 is 0 Å². The van der Waals surface area contributed by atoms with Crippen LogP contribution in [0.2, 0.25) is 0 Å². The summed E-state index contributed by atoms with van der Waals surface area (Å²) in [5, 5.41) is 0. The summed E-state index contributed by atoms with van der Waals surface area (Å²) in [5.41, 5.74) is 1.36. The summed E-state index contributed by atoms with van der Waals surface area (Å²) in [7, 11) is 1.85. The fourth-order valence-electron chi connectivity index (χ4n) is 3.33. The number of likely N-dealkylation sites (tertiary alicyclic amines) is 1. The SMILES string of the molecule is C=C1CCC2CC(OC)CCC2N1CC. The van der Waals surface area contributed by atoms with E-state index in [1.165, 1.54) is 37.8 Å². The van der Waals surface area contributed by atoms with Crippen LogP contribution in [0.25, 0.3) is 0 Å². The summed E-state index contributed by atoms with van der Waals surface area (Å²) in [6.45, 7) is 7.56. The predicted octanol–water partition coefficient (Wildman–Crippen LogP) is 2.80. The molecule has 1 aliphatic heterocycles. The topological polar surface area (TPSA) is 12.5 Å². The van der Waals surface area contributed by atoms with Crippen LogP contribution in [0.4, 0.5) is 0 Å². The van der Waals surface area contributed by atoms with E-state index in [-0.39, 0.29) is 0 Å². The Morgan fingerprint density at radius 1 is 1.40 bits per heavy atom. The van der Waals surface area contributed by atoms with Gasteiger partial charge in [-0.3, -0.25) is 0 Å². The Balaban J connectivity index is 2.04. The quantitative estimate of drug-likeness (QED) is 0.693. The molecule has 1 heterocycles. The highest BCUT2D eigenvalue weighted by Crippen LogP contribution is 2.39. The number of fused-ring (bicyclic) bond motifs is 1. The number of nitrogens with zero attached hydrogens (tertiary/aromatic N) is 1. The van der Waals surface area contributed by atoms with Gasteiger partial charge in [-0.15, -0.1) is 0 Å². The van der Waals surface area contributed by atoms with Crippen molar-refractivity contribution < 1.29 is 4.74 Å². The third-order valence-electron chi connectivity index (χ3n) is 4.18. The first kappa shape index (κ1) is 11.0. The molecule has 0 spiro atoms. The van der Waals surface area contributed by atoms with E-state index in [1.807, 2.05) is 7.11 Å². The smallest absolute Gasteiger partial charge is 0.0575 e. The molecule has 3 unspecified atom stereocenters. The van der Waals surface area contributed by atoms with Crippen molar-refractivity contribution in [3.8, 4) is 0 Å². The average molecular weight is 209 g/mol. The van der Waals surface area contributed by atoms with E-state index in [1.54, 1.807) is 0 Å². The Bertz CT molecular complexity index is 239. The second-order valence-corrected chi connectivity index (χ2v) is 4.89. The first-order chi connectivity index (χ1) is 7.26. The molecule has 2 rings (SSSR count). The van der Waals surface area contributed by atoms with E-state index in [9.17, 15) is 0 Å². The number of ether oxygens (including phenoxy) is 1. The van der Waals surface area contributed by atoms with E-state index in [4.69, 9.17) is 4.74 Å². The normalized spacial score (nSPS) is 36.5. The molecule has 2 aliphatic rings. The third kappa shape index (κ3) is 2.05. The fraction of sp³-hybridized carbons (Fsp3) is 0.846. The van der Waals surface area contributed by atoms with Gasteiger partial charge in [0.15, 0.2) is 0 Å². The molecule has 2 nitrogen and oxygen atoms in total. The number of allylic oxidation sites excluding steroid dienone is 1. The first-order valence-electron chi connectivity index (χ1n) is 6.23. The summed E-state index contributed by atoms with van der Waals surface area (Å²) < 4.78 is 5.49. The van der Waals surface area contributed by atoms with Crippen molar-refractivity contribution in [3.05, 3.63) is 12.3 Å². The Labute approximate surface area is 93.3 Å². The van der Waals surface area contributed by atoms with Crippen molar-refractivity contribution in [1.82, 2.24) is 4.90 Å². The standard InChI is InChI=1S/C13H23NO/c1-4-14-10(2)5-6-11-9-12(15-3)7-8-13(11)14/h11-13H,2,4-9H2,1,3H3. The van der Waals surface area contributed by atoms with E-state index >= 15 is 0 Å². The molecule has 0 aromatic carbocycles. The summed E-state index contributed by atoms with van der Waals surface area (Å²) in [6, 6.07) is 0.752. The number of rotatable bonds is 2. The fourth-order valence-corrected chi connectivity index (χ4v) is 3.33. The van der Waals surface area contributed by atoms with Gasteiger partial charge >= 0.3 is 0 Å². The minimum Gasteiger partial charge on any atom is -0.381 e. The largest absolute Gasteiger partial charge is 0.381 e. The summed E-state index contributed by atoms with van der Waals surface area (Å²) in [4.78, 5) is 2.53. The molecule has 86 valence electrons. The lowest BCUT2D eigenvalue weighted by Crippen LogP contribution is -2.47. The van der Waals surface area contributed by atoms with Gasteiger partial charge < -0.3 is 9.64 Å². The van der Waals surface area contributed by atoms with Crippen molar-refractivity contribution in [2.45, 2.75) is 51.2 Å². The van der Waals surface area contributed by atoms with Crippen molar-refractivity contribution in [3.63, 3.8) is 0 Å². The second-order valence-electron chi connectivity index (χ2n) is 4.89. The van der Waals surface area contributed by atoms with E-state index in [0.717, 1.165) is 18.5 Å². The van der Waals surface area contributed by atoms with Gasteiger partial charge in [0.25, 0.3) is 0 Å². The van der Waals surface area contributed by atoms with Crippen LogP contribution in [0.1, 0.15) is 39.0 Å². The highest BCUT2D eigenvalue weighted by molar-refractivity contribution is 5.05. The molecule has 15 heavy (non-hydrogen) atoms. The van der Waals surface area contributed by atoms with Crippen LogP contribution in [0.15, 0.2) is 12.3 Å². The van der Waals surface area contributed by atoms with E-state index in [2.05, 4.69) is 18.4 Å². The molecule has 0 bridgehead atoms. The van der Waals surface area contributed by atoms with Crippen molar-refractivity contribution in [2.24, 2.45) is 5.92 Å². The molecule has 1 aliphatic carbocycles. The van der Waals surface area contributed by atoms with Crippen LogP contribution < -0.4 is 0 Å². The lowest BCUT2D eigenvalue weighted by Gasteiger charge is -2.47. The molecule has 0 N–H and O–H groups in total. The molecule has 2 heteroatoms. The Kier molecular flexibility index (Phi) is 3.35. The van der Waals surface area contributed by atoms with Gasteiger partial charge in [-0.25, -0.2) is 0 Å². The Hall–Kier alpha value is -0.500. The van der Waals surface area contributed by atoms with Crippen LogP contribution in [-0.2, 0) is 4.74 Å². The maximum absolute atomic E-state index is 5.49. The van der Waals surface area contributed by atoms with Gasteiger partial charge in [0.2, 0.25) is 0 Å². The number of methoxy groups -OCH3 is 1. The number of piperidine rings is 1. The predicted molar refractivity (Wildman–Crippen MR) is 62.7 cm³/mol. The highest BCUT2D eigenvalue weighted by Gasteiger charge is 2.36. The highest BCUT2D eigenvalue weighted by atomic mass is 16.5. The molecule has 1 saturated heterocycles. The minimum absolute atomic E-state index is 0.510. The maximum Gasteiger partial charge on any atom is 0.0575 e. The molecule has 1 saturated carbocycles. The van der Waals surface area contributed by atoms with Gasteiger partial charge in [0, 0.05) is 25.4 Å². The molecule has 3 atom stereocenters. The zero-order valence-corrected chi connectivity index (χ0v) is 10.0. The maximum atomic E-state index is 5.49. The zero-order chi connectivity index (χ0) is 10.8. The molecular formula is C13H23NO. The summed E-state index contributed by atoms with van der Waals surface area (Å²) >= 11 is 0. The van der Waals surface area contributed by atoms with Crippen molar-refractivity contribution in [1.29, 1.82) is 0 Å². The molecular weight excluding hydrogens is 186 g/mol. The number of hydrogen-bond acceptors (Lipinski definition) is 2. The van der Waals surface area contributed by atoms with Gasteiger partial charge in [0.05, 0.1) is 6.10 Å². The molecule has 2 fully saturated rings. The van der Waals surface area contributed by atoms with Crippen LogP contribution in [0.5, 0.6) is 0 Å². The molecule has 0 amide bonds. The Morgan fingerprint density at radius 3 is 2.87 bits per heavy atom. The van der Waals surface area contributed by atoms with E-state index in [0.29, 0.717) is 6.10 Å². The van der Waals surface area contributed by atoms with Gasteiger partial charge in [-0.2, -0.15) is 0 Å². The van der Waals surface area contributed by atoms with Gasteiger partial charge in [-0.05, 0) is 44.9 Å². The molecule has 0 aromatic rings. The van der Waals surface area contributed by atoms with Crippen LogP contribution in [0.3, 0.4) is 0 Å². The third-order valence-corrected chi connectivity index (χ3v) is 4.18. The second kappa shape index (κ2) is 4.56. The van der Waals surface area contributed by atoms with Crippen LogP contribution in [0, 0.1) is 5.92 Å². The van der Waals surface area contributed by atoms with Gasteiger partial charge in [0.1, 0.15) is 0 Å². The minimum atomic E-state index is 0.510. The lowest BCUT2D eigenvalue weighted by molar-refractivity contribution is 0.00115.